The summed E-state index contributed by atoms with van der Waals surface area (Å²) in [6.45, 7) is 1.02. The number of fused-ring (bicyclic) bond motifs is 1. The first-order chi connectivity index (χ1) is 8.33. The van der Waals surface area contributed by atoms with Crippen molar-refractivity contribution in [2.24, 2.45) is 0 Å². The van der Waals surface area contributed by atoms with E-state index in [9.17, 15) is 0 Å². The van der Waals surface area contributed by atoms with Crippen molar-refractivity contribution >= 4 is 33.8 Å². The first-order valence-corrected chi connectivity index (χ1v) is 6.90. The minimum absolute atomic E-state index is 0.799. The SMILES string of the molecule is Clc1ccc2c(ccn2CCc2ccsc2)c1. The van der Waals surface area contributed by atoms with Gasteiger partial charge in [0.2, 0.25) is 0 Å². The van der Waals surface area contributed by atoms with Gasteiger partial charge in [0.1, 0.15) is 0 Å². The quantitative estimate of drug-likeness (QED) is 0.649. The molecule has 3 rings (SSSR count). The Hall–Kier alpha value is -1.25. The van der Waals surface area contributed by atoms with Gasteiger partial charge in [0.15, 0.2) is 0 Å². The molecule has 0 aliphatic heterocycles. The summed E-state index contributed by atoms with van der Waals surface area (Å²) in [6, 6.07) is 10.4. The van der Waals surface area contributed by atoms with Gasteiger partial charge in [-0.05, 0) is 53.1 Å². The molecular weight excluding hydrogens is 250 g/mol. The van der Waals surface area contributed by atoms with Crippen LogP contribution in [0.4, 0.5) is 0 Å². The van der Waals surface area contributed by atoms with E-state index in [1.54, 1.807) is 11.3 Å². The molecule has 2 aromatic heterocycles. The zero-order valence-electron chi connectivity index (χ0n) is 9.27. The molecule has 0 radical (unpaired) electrons. The first-order valence-electron chi connectivity index (χ1n) is 5.58. The van der Waals surface area contributed by atoms with E-state index in [0.717, 1.165) is 18.0 Å². The fourth-order valence-corrected chi connectivity index (χ4v) is 2.93. The summed E-state index contributed by atoms with van der Waals surface area (Å²) in [4.78, 5) is 0. The number of benzene rings is 1. The number of halogens is 1. The van der Waals surface area contributed by atoms with Crippen LogP contribution in [-0.2, 0) is 13.0 Å². The zero-order chi connectivity index (χ0) is 11.7. The molecule has 0 spiro atoms. The van der Waals surface area contributed by atoms with Gasteiger partial charge in [-0.15, -0.1) is 0 Å². The molecule has 3 heteroatoms. The monoisotopic (exact) mass is 261 g/mol. The van der Waals surface area contributed by atoms with Crippen LogP contribution in [0.25, 0.3) is 10.9 Å². The third kappa shape index (κ3) is 2.24. The van der Waals surface area contributed by atoms with E-state index in [-0.39, 0.29) is 0 Å². The number of aromatic nitrogens is 1. The molecule has 0 fully saturated rings. The van der Waals surface area contributed by atoms with Gasteiger partial charge in [-0.25, -0.2) is 0 Å². The van der Waals surface area contributed by atoms with Crippen molar-refractivity contribution in [1.29, 1.82) is 0 Å². The number of nitrogens with zero attached hydrogens (tertiary/aromatic N) is 1. The van der Waals surface area contributed by atoms with Crippen LogP contribution in [0.15, 0.2) is 47.3 Å². The maximum Gasteiger partial charge on any atom is 0.0481 e. The lowest BCUT2D eigenvalue weighted by Crippen LogP contribution is -1.98. The Morgan fingerprint density at radius 1 is 1.18 bits per heavy atom. The van der Waals surface area contributed by atoms with Crippen LogP contribution in [0.2, 0.25) is 5.02 Å². The second-order valence-corrected chi connectivity index (χ2v) is 5.31. The van der Waals surface area contributed by atoms with Crippen molar-refractivity contribution in [3.63, 3.8) is 0 Å². The second kappa shape index (κ2) is 4.55. The van der Waals surface area contributed by atoms with Gasteiger partial charge in [-0.1, -0.05) is 11.6 Å². The van der Waals surface area contributed by atoms with Crippen LogP contribution < -0.4 is 0 Å². The summed E-state index contributed by atoms with van der Waals surface area (Å²) in [7, 11) is 0. The molecule has 2 heterocycles. The standard InChI is InChI=1S/C14H12ClNS/c15-13-1-2-14-12(9-13)4-7-16(14)6-3-11-5-8-17-10-11/h1-2,4-5,7-10H,3,6H2. The third-order valence-corrected chi connectivity index (χ3v) is 3.92. The summed E-state index contributed by atoms with van der Waals surface area (Å²) in [6.07, 6.45) is 3.21. The molecule has 0 amide bonds. The summed E-state index contributed by atoms with van der Waals surface area (Å²) < 4.78 is 2.28. The predicted octanol–water partition coefficient (Wildman–Crippen LogP) is 4.60. The first kappa shape index (κ1) is 10.9. The van der Waals surface area contributed by atoms with Gasteiger partial charge in [-0.2, -0.15) is 11.3 Å². The van der Waals surface area contributed by atoms with Crippen LogP contribution >= 0.6 is 22.9 Å². The molecule has 3 aromatic rings. The Kier molecular flexibility index (Phi) is 2.91. The average Bonchev–Trinajstić information content (AvgIpc) is 2.94. The second-order valence-electron chi connectivity index (χ2n) is 4.09. The molecule has 86 valence electrons. The lowest BCUT2D eigenvalue weighted by Gasteiger charge is -2.04. The molecule has 0 unspecified atom stereocenters. The largest absolute Gasteiger partial charge is 0.347 e. The Morgan fingerprint density at radius 2 is 2.12 bits per heavy atom. The van der Waals surface area contributed by atoms with Crippen LogP contribution in [0.3, 0.4) is 0 Å². The van der Waals surface area contributed by atoms with E-state index >= 15 is 0 Å². The molecule has 0 bridgehead atoms. The molecule has 0 atom stereocenters. The fraction of sp³-hybridized carbons (Fsp3) is 0.143. The maximum absolute atomic E-state index is 5.98. The lowest BCUT2D eigenvalue weighted by molar-refractivity contribution is 0.724. The van der Waals surface area contributed by atoms with E-state index in [1.165, 1.54) is 16.5 Å². The van der Waals surface area contributed by atoms with Gasteiger partial charge in [-0.3, -0.25) is 0 Å². The Bertz CT molecular complexity index is 625. The van der Waals surface area contributed by atoms with E-state index in [0.29, 0.717) is 0 Å². The van der Waals surface area contributed by atoms with Gasteiger partial charge in [0.05, 0.1) is 0 Å². The van der Waals surface area contributed by atoms with Gasteiger partial charge >= 0.3 is 0 Å². The highest BCUT2D eigenvalue weighted by Gasteiger charge is 2.02. The summed E-state index contributed by atoms with van der Waals surface area (Å²) >= 11 is 7.73. The van der Waals surface area contributed by atoms with Crippen LogP contribution in [0.1, 0.15) is 5.56 Å². The summed E-state index contributed by atoms with van der Waals surface area (Å²) in [5, 5.41) is 6.35. The van der Waals surface area contributed by atoms with Gasteiger partial charge in [0, 0.05) is 28.7 Å². The Labute approximate surface area is 109 Å². The number of rotatable bonds is 3. The third-order valence-electron chi connectivity index (χ3n) is 2.95. The topological polar surface area (TPSA) is 4.93 Å². The molecule has 0 aliphatic rings. The van der Waals surface area contributed by atoms with Crippen LogP contribution in [0, 0.1) is 0 Å². The number of hydrogen-bond donors (Lipinski definition) is 0. The molecule has 0 N–H and O–H groups in total. The minimum atomic E-state index is 0.799. The van der Waals surface area contributed by atoms with Crippen molar-refractivity contribution < 1.29 is 0 Å². The van der Waals surface area contributed by atoms with Crippen molar-refractivity contribution in [3.05, 3.63) is 57.9 Å². The van der Waals surface area contributed by atoms with Crippen molar-refractivity contribution in [3.8, 4) is 0 Å². The molecular formula is C14H12ClNS. The van der Waals surface area contributed by atoms with E-state index in [1.807, 2.05) is 12.1 Å². The highest BCUT2D eigenvalue weighted by atomic mass is 35.5. The fourth-order valence-electron chi connectivity index (χ4n) is 2.05. The van der Waals surface area contributed by atoms with Crippen LogP contribution in [-0.4, -0.2) is 4.57 Å². The number of aryl methyl sites for hydroxylation is 2. The molecule has 0 saturated heterocycles. The summed E-state index contributed by atoms with van der Waals surface area (Å²) in [5.41, 5.74) is 2.66. The van der Waals surface area contributed by atoms with E-state index in [4.69, 9.17) is 11.6 Å². The summed E-state index contributed by atoms with van der Waals surface area (Å²) in [5.74, 6) is 0. The molecule has 1 nitrogen and oxygen atoms in total. The molecule has 0 aliphatic carbocycles. The molecule has 1 aromatic carbocycles. The van der Waals surface area contributed by atoms with E-state index < -0.39 is 0 Å². The highest BCUT2D eigenvalue weighted by Crippen LogP contribution is 2.21. The maximum atomic E-state index is 5.98. The molecule has 0 saturated carbocycles. The highest BCUT2D eigenvalue weighted by molar-refractivity contribution is 7.07. The lowest BCUT2D eigenvalue weighted by atomic mass is 10.2. The Morgan fingerprint density at radius 3 is 2.94 bits per heavy atom. The van der Waals surface area contributed by atoms with Crippen molar-refractivity contribution in [2.45, 2.75) is 13.0 Å². The van der Waals surface area contributed by atoms with Gasteiger partial charge in [0.25, 0.3) is 0 Å². The normalized spacial score (nSPS) is 11.1. The number of thiophene rings is 1. The van der Waals surface area contributed by atoms with E-state index in [2.05, 4.69) is 39.7 Å². The van der Waals surface area contributed by atoms with Crippen molar-refractivity contribution in [2.75, 3.05) is 0 Å². The molecule has 17 heavy (non-hydrogen) atoms. The minimum Gasteiger partial charge on any atom is -0.347 e. The van der Waals surface area contributed by atoms with Crippen LogP contribution in [0.5, 0.6) is 0 Å². The predicted molar refractivity (Wildman–Crippen MR) is 75.0 cm³/mol. The Balaban J connectivity index is 1.86. The van der Waals surface area contributed by atoms with Crippen molar-refractivity contribution in [1.82, 2.24) is 4.57 Å². The number of hydrogen-bond acceptors (Lipinski definition) is 1. The smallest absolute Gasteiger partial charge is 0.0481 e. The van der Waals surface area contributed by atoms with Gasteiger partial charge < -0.3 is 4.57 Å². The zero-order valence-corrected chi connectivity index (χ0v) is 10.8. The average molecular weight is 262 g/mol.